The Morgan fingerprint density at radius 1 is 0.714 bits per heavy atom. The van der Waals surface area contributed by atoms with Gasteiger partial charge in [-0.3, -0.25) is 0 Å². The highest BCUT2D eigenvalue weighted by Gasteiger charge is 2.47. The van der Waals surface area contributed by atoms with Crippen LogP contribution in [0.5, 0.6) is 0 Å². The molecule has 0 heterocycles. The van der Waals surface area contributed by atoms with Crippen LogP contribution < -0.4 is 0 Å². The largest absolute Gasteiger partial charge is 0.390 e. The molecule has 2 nitrogen and oxygen atoms in total. The molecular weight excluding hydrogens is 512 g/mol. The summed E-state index contributed by atoms with van der Waals surface area (Å²) in [5.74, 6) is -0.00110. The van der Waals surface area contributed by atoms with Gasteiger partial charge in [0.1, 0.15) is 0 Å². The first-order valence-electron chi connectivity index (χ1n) is 15.4. The van der Waals surface area contributed by atoms with E-state index < -0.39 is 11.2 Å². The molecule has 1 aliphatic carbocycles. The van der Waals surface area contributed by atoms with Gasteiger partial charge in [0.05, 0.1) is 11.2 Å². The fourth-order valence-electron chi connectivity index (χ4n) is 4.99. The van der Waals surface area contributed by atoms with Crippen molar-refractivity contribution in [3.05, 3.63) is 131 Å². The summed E-state index contributed by atoms with van der Waals surface area (Å²) >= 11 is 0. The van der Waals surface area contributed by atoms with Crippen LogP contribution in [-0.4, -0.2) is 21.4 Å². The van der Waals surface area contributed by atoms with Gasteiger partial charge < -0.3 is 10.2 Å². The first-order valence-corrected chi connectivity index (χ1v) is 15.4. The molecule has 0 aliphatic heterocycles. The Kier molecular flexibility index (Phi) is 16.4. The topological polar surface area (TPSA) is 40.5 Å². The lowest BCUT2D eigenvalue weighted by molar-refractivity contribution is -0.0294. The van der Waals surface area contributed by atoms with Gasteiger partial charge in [0.15, 0.2) is 0 Å². The zero-order chi connectivity index (χ0) is 31.8. The molecular formula is C40H58O2. The average molecular weight is 571 g/mol. The van der Waals surface area contributed by atoms with Crippen LogP contribution in [0.4, 0.5) is 0 Å². The summed E-state index contributed by atoms with van der Waals surface area (Å²) in [6.07, 6.45) is 37.5. The molecule has 0 spiro atoms. The van der Waals surface area contributed by atoms with E-state index >= 15 is 0 Å². The quantitative estimate of drug-likeness (QED) is 0.161. The fourth-order valence-corrected chi connectivity index (χ4v) is 4.99. The predicted molar refractivity (Wildman–Crippen MR) is 186 cm³/mol. The maximum absolute atomic E-state index is 10.8. The predicted octanol–water partition coefficient (Wildman–Crippen LogP) is 10.8. The van der Waals surface area contributed by atoms with E-state index in [0.717, 1.165) is 30.4 Å². The van der Waals surface area contributed by atoms with Gasteiger partial charge in [0, 0.05) is 5.92 Å². The molecule has 42 heavy (non-hydrogen) atoms. The molecule has 0 saturated heterocycles. The summed E-state index contributed by atoms with van der Waals surface area (Å²) in [5.41, 5.74) is 5.88. The number of rotatable bonds is 14. The van der Waals surface area contributed by atoms with E-state index in [1.165, 1.54) is 22.3 Å². The van der Waals surface area contributed by atoms with Crippen molar-refractivity contribution in [2.75, 3.05) is 0 Å². The van der Waals surface area contributed by atoms with Crippen LogP contribution >= 0.6 is 0 Å². The van der Waals surface area contributed by atoms with Gasteiger partial charge in [0.25, 0.3) is 0 Å². The van der Waals surface area contributed by atoms with Crippen LogP contribution in [0, 0.1) is 11.8 Å². The molecule has 2 heteroatoms. The summed E-state index contributed by atoms with van der Waals surface area (Å²) in [5, 5.41) is 21.3. The average Bonchev–Trinajstić information content (AvgIpc) is 3.19. The molecule has 2 N–H and O–H groups in total. The third kappa shape index (κ3) is 15.9. The lowest BCUT2D eigenvalue weighted by Gasteiger charge is -2.33. The van der Waals surface area contributed by atoms with Crippen LogP contribution in [0.2, 0.25) is 0 Å². The Balaban J connectivity index is 2.61. The maximum atomic E-state index is 10.8. The van der Waals surface area contributed by atoms with Gasteiger partial charge in [-0.05, 0) is 101 Å². The first-order chi connectivity index (χ1) is 19.6. The maximum Gasteiger partial charge on any atom is 0.0686 e. The van der Waals surface area contributed by atoms with Gasteiger partial charge >= 0.3 is 0 Å². The van der Waals surface area contributed by atoms with Crippen LogP contribution in [0.3, 0.4) is 0 Å². The van der Waals surface area contributed by atoms with Crippen molar-refractivity contribution in [1.82, 2.24) is 0 Å². The number of aliphatic hydroxyl groups is 2. The first kappa shape index (κ1) is 37.1. The normalized spacial score (nSPS) is 24.0. The molecule has 1 aliphatic rings. The lowest BCUT2D eigenvalue weighted by Crippen LogP contribution is -2.39. The van der Waals surface area contributed by atoms with E-state index in [-0.39, 0.29) is 11.8 Å². The van der Waals surface area contributed by atoms with E-state index in [9.17, 15) is 10.2 Å². The second kappa shape index (κ2) is 18.6. The van der Waals surface area contributed by atoms with E-state index in [1.54, 1.807) is 0 Å². The second-order valence-electron chi connectivity index (χ2n) is 13.0. The van der Waals surface area contributed by atoms with Gasteiger partial charge in [-0.15, -0.1) is 0 Å². The number of hydrogen-bond acceptors (Lipinski definition) is 2. The molecule has 0 aromatic carbocycles. The SMILES string of the molecule is CC(C)=CCC/C(C)=C/C=C/C(C)=C/C=C/C(C)=C/C=C/C=C(C)/C=C/C=C(C)/C=C/[C@@H]1[C@@H](C(C)(C)O)CC[C@@]1(C)O. The van der Waals surface area contributed by atoms with Gasteiger partial charge in [0.2, 0.25) is 0 Å². The van der Waals surface area contributed by atoms with Crippen LogP contribution in [0.25, 0.3) is 0 Å². The van der Waals surface area contributed by atoms with Gasteiger partial charge in [-0.25, -0.2) is 0 Å². The molecule has 3 atom stereocenters. The Morgan fingerprint density at radius 2 is 1.17 bits per heavy atom. The highest BCUT2D eigenvalue weighted by molar-refractivity contribution is 5.32. The zero-order valence-corrected chi connectivity index (χ0v) is 28.1. The van der Waals surface area contributed by atoms with Crippen molar-refractivity contribution in [3.8, 4) is 0 Å². The molecule has 0 radical (unpaired) electrons. The Morgan fingerprint density at radius 3 is 1.64 bits per heavy atom. The van der Waals surface area contributed by atoms with Crippen molar-refractivity contribution in [2.24, 2.45) is 11.8 Å². The third-order valence-corrected chi connectivity index (χ3v) is 7.68. The van der Waals surface area contributed by atoms with Crippen LogP contribution in [0.15, 0.2) is 131 Å². The van der Waals surface area contributed by atoms with E-state index in [2.05, 4.69) is 140 Å². The summed E-state index contributed by atoms with van der Waals surface area (Å²) in [6.45, 7) is 20.4. The molecule has 1 rings (SSSR count). The molecule has 0 bridgehead atoms. The lowest BCUT2D eigenvalue weighted by atomic mass is 9.78. The summed E-state index contributed by atoms with van der Waals surface area (Å²) in [6, 6.07) is 0. The highest BCUT2D eigenvalue weighted by Crippen LogP contribution is 2.46. The minimum atomic E-state index is -0.803. The monoisotopic (exact) mass is 570 g/mol. The molecule has 1 fully saturated rings. The van der Waals surface area contributed by atoms with Crippen LogP contribution in [-0.2, 0) is 0 Å². The zero-order valence-electron chi connectivity index (χ0n) is 28.1. The van der Waals surface area contributed by atoms with Crippen molar-refractivity contribution in [3.63, 3.8) is 0 Å². The molecule has 230 valence electrons. The summed E-state index contributed by atoms with van der Waals surface area (Å²) < 4.78 is 0. The molecule has 0 aromatic heterocycles. The Labute approximate surface area is 258 Å². The van der Waals surface area contributed by atoms with Crippen molar-refractivity contribution in [1.29, 1.82) is 0 Å². The van der Waals surface area contributed by atoms with E-state index in [1.807, 2.05) is 26.8 Å². The standard InChI is InChI=1S/C40H58O2/c1-31(2)17-13-20-34(5)23-15-25-35(6)24-14-21-32(3)18-11-12-19-33(4)22-16-26-36(7)27-28-38-37(39(8,9)41)29-30-40(38,10)42/h11-12,14-19,21-28,37-38,41-42H,13,20,29-30H2,1-10H3/b12-11+,21-14+,22-16+,25-15+,28-27+,32-18+,33-19+,34-23+,35-24+,36-26+/t37-,38+,40+/m0/s1. The van der Waals surface area contributed by atoms with Crippen LogP contribution in [0.1, 0.15) is 94.9 Å². The Bertz CT molecular complexity index is 1190. The second-order valence-corrected chi connectivity index (χ2v) is 13.0. The van der Waals surface area contributed by atoms with Crippen molar-refractivity contribution in [2.45, 2.75) is 106 Å². The molecule has 1 saturated carbocycles. The van der Waals surface area contributed by atoms with Gasteiger partial charge in [-0.2, -0.15) is 0 Å². The fraction of sp³-hybridized carbons (Fsp3) is 0.450. The summed E-state index contributed by atoms with van der Waals surface area (Å²) in [4.78, 5) is 0. The molecule has 0 unspecified atom stereocenters. The highest BCUT2D eigenvalue weighted by atomic mass is 16.3. The molecule has 0 aromatic rings. The molecule has 0 amide bonds. The van der Waals surface area contributed by atoms with Gasteiger partial charge in [-0.1, -0.05) is 131 Å². The van der Waals surface area contributed by atoms with E-state index in [4.69, 9.17) is 0 Å². The number of hydrogen-bond donors (Lipinski definition) is 2. The number of allylic oxidation sites excluding steroid dienone is 21. The van der Waals surface area contributed by atoms with Crippen molar-refractivity contribution >= 4 is 0 Å². The minimum Gasteiger partial charge on any atom is -0.390 e. The van der Waals surface area contributed by atoms with E-state index in [0.29, 0.717) is 6.42 Å². The minimum absolute atomic E-state index is 0.0552. The smallest absolute Gasteiger partial charge is 0.0686 e. The Hall–Kier alpha value is -2.94. The summed E-state index contributed by atoms with van der Waals surface area (Å²) in [7, 11) is 0. The van der Waals surface area contributed by atoms with Crippen molar-refractivity contribution < 1.29 is 10.2 Å². The third-order valence-electron chi connectivity index (χ3n) is 7.68.